The summed E-state index contributed by atoms with van der Waals surface area (Å²) in [6, 6.07) is 9.26. The second-order valence-corrected chi connectivity index (χ2v) is 5.66. The van der Waals surface area contributed by atoms with Crippen molar-refractivity contribution in [3.8, 4) is 0 Å². The molecule has 0 saturated carbocycles. The number of rotatable bonds is 1. The van der Waals surface area contributed by atoms with Crippen LogP contribution in [0.5, 0.6) is 0 Å². The van der Waals surface area contributed by atoms with E-state index in [0.717, 1.165) is 24.6 Å². The maximum absolute atomic E-state index is 12.8. The van der Waals surface area contributed by atoms with Gasteiger partial charge in [0.05, 0.1) is 6.04 Å². The Labute approximate surface area is 121 Å². The molecule has 2 atom stereocenters. The normalized spacial score (nSPS) is 23.7. The summed E-state index contributed by atoms with van der Waals surface area (Å²) < 4.78 is 5.27. The summed E-state index contributed by atoms with van der Waals surface area (Å²) in [6.45, 7) is 0. The van der Waals surface area contributed by atoms with Gasteiger partial charge in [0.1, 0.15) is 11.1 Å². The molecule has 0 N–H and O–H groups in total. The Morgan fingerprint density at radius 1 is 1.24 bits per heavy atom. The molecule has 21 heavy (non-hydrogen) atoms. The molecule has 0 radical (unpaired) electrons. The van der Waals surface area contributed by atoms with Crippen molar-refractivity contribution in [1.82, 2.24) is 4.90 Å². The first-order valence-corrected chi connectivity index (χ1v) is 7.26. The number of fused-ring (bicyclic) bond motifs is 3. The summed E-state index contributed by atoms with van der Waals surface area (Å²) >= 11 is 0. The lowest BCUT2D eigenvalue weighted by Crippen LogP contribution is -2.43. The van der Waals surface area contributed by atoms with E-state index in [0.29, 0.717) is 5.58 Å². The number of benzene rings is 1. The molecule has 1 aromatic heterocycles. The number of para-hydroxylation sites is 1. The molecule has 1 fully saturated rings. The average Bonchev–Trinajstić information content (AvgIpc) is 2.75. The molecule has 1 amide bonds. The van der Waals surface area contributed by atoms with Gasteiger partial charge < -0.3 is 9.32 Å². The summed E-state index contributed by atoms with van der Waals surface area (Å²) in [5, 5.41) is 0.778. The standard InChI is InChI=1S/C17H15NO3/c19-16(18-12-5-3-6-13(18)9-8-12)14-10-11-4-1-2-7-15(11)21-17(14)20/h1-5,7,10,12-13H,6,8-9H2. The van der Waals surface area contributed by atoms with E-state index in [1.54, 1.807) is 12.1 Å². The van der Waals surface area contributed by atoms with Gasteiger partial charge in [0.25, 0.3) is 5.91 Å². The van der Waals surface area contributed by atoms with Crippen molar-refractivity contribution in [2.24, 2.45) is 0 Å². The van der Waals surface area contributed by atoms with Gasteiger partial charge in [-0.05, 0) is 31.4 Å². The fourth-order valence-corrected chi connectivity index (χ4v) is 3.39. The van der Waals surface area contributed by atoms with Gasteiger partial charge in [0.15, 0.2) is 0 Å². The predicted molar refractivity (Wildman–Crippen MR) is 79.2 cm³/mol. The second kappa shape index (κ2) is 4.58. The van der Waals surface area contributed by atoms with Crippen molar-refractivity contribution in [1.29, 1.82) is 0 Å². The van der Waals surface area contributed by atoms with Crippen LogP contribution in [0.4, 0.5) is 0 Å². The summed E-state index contributed by atoms with van der Waals surface area (Å²) in [7, 11) is 0. The van der Waals surface area contributed by atoms with Crippen LogP contribution in [-0.2, 0) is 0 Å². The maximum Gasteiger partial charge on any atom is 0.349 e. The number of nitrogens with zero attached hydrogens (tertiary/aromatic N) is 1. The first-order valence-electron chi connectivity index (χ1n) is 7.26. The van der Waals surface area contributed by atoms with Crippen molar-refractivity contribution in [3.05, 3.63) is 58.5 Å². The largest absolute Gasteiger partial charge is 0.422 e. The highest BCUT2D eigenvalue weighted by atomic mass is 16.4. The van der Waals surface area contributed by atoms with Gasteiger partial charge >= 0.3 is 5.63 Å². The third kappa shape index (κ3) is 1.90. The molecule has 0 spiro atoms. The van der Waals surface area contributed by atoms with Gasteiger partial charge in [-0.1, -0.05) is 30.4 Å². The Morgan fingerprint density at radius 2 is 2.10 bits per heavy atom. The van der Waals surface area contributed by atoms with Crippen LogP contribution >= 0.6 is 0 Å². The van der Waals surface area contributed by atoms with E-state index < -0.39 is 5.63 Å². The smallest absolute Gasteiger partial charge is 0.349 e. The Kier molecular flexibility index (Phi) is 2.70. The summed E-state index contributed by atoms with van der Waals surface area (Å²) in [4.78, 5) is 26.7. The molecular weight excluding hydrogens is 266 g/mol. The quantitative estimate of drug-likeness (QED) is 0.596. The van der Waals surface area contributed by atoms with Gasteiger partial charge in [-0.15, -0.1) is 0 Å². The highest BCUT2D eigenvalue weighted by molar-refractivity contribution is 5.97. The monoisotopic (exact) mass is 281 g/mol. The Bertz CT molecular complexity index is 805. The fourth-order valence-electron chi connectivity index (χ4n) is 3.39. The minimum atomic E-state index is -0.548. The second-order valence-electron chi connectivity index (χ2n) is 5.66. The predicted octanol–water partition coefficient (Wildman–Crippen LogP) is 2.73. The number of carbonyl (C=O) groups excluding carboxylic acids is 1. The van der Waals surface area contributed by atoms with E-state index >= 15 is 0 Å². The fraction of sp³-hybridized carbons (Fsp3) is 0.294. The van der Waals surface area contributed by atoms with Crippen LogP contribution in [0.15, 0.2) is 51.7 Å². The van der Waals surface area contributed by atoms with Crippen molar-refractivity contribution in [2.45, 2.75) is 31.3 Å². The lowest BCUT2D eigenvalue weighted by molar-refractivity contribution is 0.0684. The number of carbonyl (C=O) groups is 1. The first kappa shape index (κ1) is 12.4. The molecule has 106 valence electrons. The topological polar surface area (TPSA) is 50.5 Å². The lowest BCUT2D eigenvalue weighted by Gasteiger charge is -2.31. The van der Waals surface area contributed by atoms with Crippen LogP contribution in [0, 0.1) is 0 Å². The first-order chi connectivity index (χ1) is 10.2. The summed E-state index contributed by atoms with van der Waals surface area (Å²) in [5.74, 6) is -0.202. The molecule has 0 aliphatic carbocycles. The lowest BCUT2D eigenvalue weighted by atomic mass is 10.1. The SMILES string of the molecule is O=C(c1cc2ccccc2oc1=O)N1C2C=CCC1CC2. The molecule has 2 aromatic rings. The highest BCUT2D eigenvalue weighted by Gasteiger charge is 2.38. The molecule has 1 aromatic carbocycles. The van der Waals surface area contributed by atoms with Crippen LogP contribution in [0.1, 0.15) is 29.6 Å². The van der Waals surface area contributed by atoms with Crippen LogP contribution in [0.25, 0.3) is 11.0 Å². The molecule has 4 heteroatoms. The molecule has 2 bridgehead atoms. The van der Waals surface area contributed by atoms with Gasteiger partial charge in [-0.2, -0.15) is 0 Å². The minimum absolute atomic E-state index is 0.127. The summed E-state index contributed by atoms with van der Waals surface area (Å²) in [6.07, 6.45) is 7.06. The minimum Gasteiger partial charge on any atom is -0.422 e. The zero-order chi connectivity index (χ0) is 14.4. The Hall–Kier alpha value is -2.36. The highest BCUT2D eigenvalue weighted by Crippen LogP contribution is 2.32. The van der Waals surface area contributed by atoms with Crippen molar-refractivity contribution in [2.75, 3.05) is 0 Å². The molecule has 1 saturated heterocycles. The van der Waals surface area contributed by atoms with E-state index in [9.17, 15) is 9.59 Å². The zero-order valence-electron chi connectivity index (χ0n) is 11.5. The molecular formula is C17H15NO3. The molecule has 2 aliphatic rings. The Balaban J connectivity index is 1.79. The Morgan fingerprint density at radius 3 is 2.95 bits per heavy atom. The van der Waals surface area contributed by atoms with Crippen molar-refractivity contribution >= 4 is 16.9 Å². The van der Waals surface area contributed by atoms with Gasteiger partial charge in [-0.25, -0.2) is 4.79 Å². The molecule has 2 aliphatic heterocycles. The molecule has 2 unspecified atom stereocenters. The van der Waals surface area contributed by atoms with Crippen LogP contribution < -0.4 is 5.63 Å². The van der Waals surface area contributed by atoms with E-state index in [4.69, 9.17) is 4.42 Å². The molecule has 4 rings (SSSR count). The molecule has 3 heterocycles. The number of hydrogen-bond acceptors (Lipinski definition) is 3. The van der Waals surface area contributed by atoms with Crippen molar-refractivity contribution < 1.29 is 9.21 Å². The van der Waals surface area contributed by atoms with Gasteiger partial charge in [0, 0.05) is 11.4 Å². The zero-order valence-corrected chi connectivity index (χ0v) is 11.5. The van der Waals surface area contributed by atoms with E-state index in [2.05, 4.69) is 12.2 Å². The van der Waals surface area contributed by atoms with E-state index in [1.165, 1.54) is 0 Å². The number of amides is 1. The van der Waals surface area contributed by atoms with Crippen LogP contribution in [-0.4, -0.2) is 22.9 Å². The van der Waals surface area contributed by atoms with Gasteiger partial charge in [-0.3, -0.25) is 4.79 Å². The third-order valence-corrected chi connectivity index (χ3v) is 4.42. The van der Waals surface area contributed by atoms with Crippen LogP contribution in [0.2, 0.25) is 0 Å². The van der Waals surface area contributed by atoms with Gasteiger partial charge in [0.2, 0.25) is 0 Å². The summed E-state index contributed by atoms with van der Waals surface area (Å²) in [5.41, 5.74) is 0.106. The van der Waals surface area contributed by atoms with Crippen molar-refractivity contribution in [3.63, 3.8) is 0 Å². The maximum atomic E-state index is 12.8. The van der Waals surface area contributed by atoms with E-state index in [1.807, 2.05) is 23.1 Å². The number of hydrogen-bond donors (Lipinski definition) is 0. The molecule has 4 nitrogen and oxygen atoms in total. The average molecular weight is 281 g/mol. The third-order valence-electron chi connectivity index (χ3n) is 4.42. The van der Waals surface area contributed by atoms with E-state index in [-0.39, 0.29) is 23.6 Å². The van der Waals surface area contributed by atoms with Crippen LogP contribution in [0.3, 0.4) is 0 Å².